The fourth-order valence-corrected chi connectivity index (χ4v) is 4.91. The maximum Gasteiger partial charge on any atom is 0.288 e. The van der Waals surface area contributed by atoms with Crippen LogP contribution in [0.4, 0.5) is 0 Å². The van der Waals surface area contributed by atoms with Gasteiger partial charge in [-0.15, -0.1) is 0 Å². The first-order valence-corrected chi connectivity index (χ1v) is 9.55. The highest BCUT2D eigenvalue weighted by Crippen LogP contribution is 2.30. The highest BCUT2D eigenvalue weighted by molar-refractivity contribution is 7.89. The Bertz CT molecular complexity index is 1150. The van der Waals surface area contributed by atoms with Crippen LogP contribution < -0.4 is 10.3 Å². The number of aryl methyl sites for hydroxylation is 1. The van der Waals surface area contributed by atoms with E-state index in [1.165, 1.54) is 11.4 Å². The minimum atomic E-state index is -3.63. The SMILES string of the molecule is COc1ccc(S(=O)(=O)N2CCc3c(n(C)c4c(=O)[nH]ncc34)C2)cc1. The van der Waals surface area contributed by atoms with E-state index in [9.17, 15) is 13.2 Å². The molecule has 0 unspecified atom stereocenters. The summed E-state index contributed by atoms with van der Waals surface area (Å²) in [5.74, 6) is 0.602. The number of sulfonamides is 1. The average molecular weight is 374 g/mol. The summed E-state index contributed by atoms with van der Waals surface area (Å²) < 4.78 is 34.3. The molecule has 1 aliphatic rings. The molecule has 0 atom stereocenters. The Morgan fingerprint density at radius 1 is 1.23 bits per heavy atom. The minimum absolute atomic E-state index is 0.217. The van der Waals surface area contributed by atoms with Gasteiger partial charge in [-0.2, -0.15) is 9.40 Å². The molecule has 0 saturated carbocycles. The van der Waals surface area contributed by atoms with E-state index in [0.29, 0.717) is 24.2 Å². The largest absolute Gasteiger partial charge is 0.497 e. The van der Waals surface area contributed by atoms with Gasteiger partial charge >= 0.3 is 0 Å². The van der Waals surface area contributed by atoms with Gasteiger partial charge in [0.1, 0.15) is 11.3 Å². The number of H-pyrrole nitrogens is 1. The number of aromatic amines is 1. The molecule has 0 radical (unpaired) electrons. The van der Waals surface area contributed by atoms with E-state index in [1.807, 2.05) is 0 Å². The summed E-state index contributed by atoms with van der Waals surface area (Å²) in [6, 6.07) is 6.34. The van der Waals surface area contributed by atoms with Gasteiger partial charge in [0, 0.05) is 24.7 Å². The lowest BCUT2D eigenvalue weighted by molar-refractivity contribution is 0.382. The van der Waals surface area contributed by atoms with E-state index in [2.05, 4.69) is 10.2 Å². The van der Waals surface area contributed by atoms with Crippen LogP contribution in [0.2, 0.25) is 0 Å². The first kappa shape index (κ1) is 16.8. The monoisotopic (exact) mass is 374 g/mol. The van der Waals surface area contributed by atoms with Crippen molar-refractivity contribution in [1.29, 1.82) is 0 Å². The molecule has 9 heteroatoms. The standard InChI is InChI=1S/C17H18N4O4S/c1-20-15-10-21(26(23,24)12-5-3-11(25-2)4-6-12)8-7-13(15)14-9-18-19-17(22)16(14)20/h3-6,9H,7-8,10H2,1-2H3,(H,19,22). The van der Waals surface area contributed by atoms with Crippen molar-refractivity contribution in [1.82, 2.24) is 19.1 Å². The molecule has 136 valence electrons. The van der Waals surface area contributed by atoms with Crippen LogP contribution in [0.1, 0.15) is 11.3 Å². The molecule has 1 aliphatic heterocycles. The summed E-state index contributed by atoms with van der Waals surface area (Å²) in [6.45, 7) is 0.571. The van der Waals surface area contributed by atoms with Gasteiger partial charge in [0.15, 0.2) is 0 Å². The number of ether oxygens (including phenoxy) is 1. The lowest BCUT2D eigenvalue weighted by Crippen LogP contribution is -2.36. The minimum Gasteiger partial charge on any atom is -0.497 e. The molecule has 1 aromatic carbocycles. The van der Waals surface area contributed by atoms with Crippen molar-refractivity contribution in [2.24, 2.45) is 7.05 Å². The van der Waals surface area contributed by atoms with Crippen LogP contribution in [-0.4, -0.2) is 41.1 Å². The first-order valence-electron chi connectivity index (χ1n) is 8.11. The van der Waals surface area contributed by atoms with E-state index < -0.39 is 10.0 Å². The Balaban J connectivity index is 1.75. The molecule has 0 bridgehead atoms. The second kappa shape index (κ2) is 5.96. The zero-order chi connectivity index (χ0) is 18.5. The fourth-order valence-electron chi connectivity index (χ4n) is 3.50. The number of hydrogen-bond donors (Lipinski definition) is 1. The number of methoxy groups -OCH3 is 1. The number of aromatic nitrogens is 3. The Morgan fingerprint density at radius 3 is 2.65 bits per heavy atom. The van der Waals surface area contributed by atoms with E-state index >= 15 is 0 Å². The van der Waals surface area contributed by atoms with Gasteiger partial charge in [0.05, 0.1) is 24.7 Å². The fraction of sp³-hybridized carbons (Fsp3) is 0.294. The predicted molar refractivity (Wildman–Crippen MR) is 95.6 cm³/mol. The van der Waals surface area contributed by atoms with Gasteiger partial charge < -0.3 is 9.30 Å². The molecule has 0 aliphatic carbocycles. The lowest BCUT2D eigenvalue weighted by Gasteiger charge is -2.27. The maximum atomic E-state index is 13.0. The molecule has 26 heavy (non-hydrogen) atoms. The van der Waals surface area contributed by atoms with E-state index in [0.717, 1.165) is 16.6 Å². The van der Waals surface area contributed by atoms with Crippen LogP contribution >= 0.6 is 0 Å². The number of fused-ring (bicyclic) bond motifs is 3. The zero-order valence-corrected chi connectivity index (χ0v) is 15.2. The summed E-state index contributed by atoms with van der Waals surface area (Å²) >= 11 is 0. The van der Waals surface area contributed by atoms with Gasteiger partial charge in [-0.1, -0.05) is 0 Å². The molecule has 0 amide bonds. The highest BCUT2D eigenvalue weighted by Gasteiger charge is 2.31. The van der Waals surface area contributed by atoms with Crippen molar-refractivity contribution in [2.75, 3.05) is 13.7 Å². The molecule has 8 nitrogen and oxygen atoms in total. The Labute approximate surface area is 150 Å². The molecule has 0 fully saturated rings. The van der Waals surface area contributed by atoms with Gasteiger partial charge in [0.25, 0.3) is 5.56 Å². The Kier molecular flexibility index (Phi) is 3.85. The second-order valence-corrected chi connectivity index (χ2v) is 8.15. The van der Waals surface area contributed by atoms with Crippen LogP contribution in [0, 0.1) is 0 Å². The van der Waals surface area contributed by atoms with Crippen molar-refractivity contribution in [3.63, 3.8) is 0 Å². The average Bonchev–Trinajstić information content (AvgIpc) is 2.95. The zero-order valence-electron chi connectivity index (χ0n) is 14.4. The van der Waals surface area contributed by atoms with Crippen LogP contribution in [0.25, 0.3) is 10.9 Å². The molecule has 0 saturated heterocycles. The third-order valence-corrected chi connectivity index (χ3v) is 6.74. The number of nitrogens with zero attached hydrogens (tertiary/aromatic N) is 3. The molecule has 3 heterocycles. The van der Waals surface area contributed by atoms with Crippen molar-refractivity contribution in [3.8, 4) is 5.75 Å². The summed E-state index contributed by atoms with van der Waals surface area (Å²) in [7, 11) is -0.319. The van der Waals surface area contributed by atoms with Crippen molar-refractivity contribution in [2.45, 2.75) is 17.9 Å². The van der Waals surface area contributed by atoms with Crippen molar-refractivity contribution >= 4 is 20.9 Å². The molecular weight excluding hydrogens is 356 g/mol. The number of nitrogens with one attached hydrogen (secondary N) is 1. The third kappa shape index (κ3) is 2.43. The first-order chi connectivity index (χ1) is 12.4. The van der Waals surface area contributed by atoms with Crippen molar-refractivity contribution < 1.29 is 13.2 Å². The summed E-state index contributed by atoms with van der Waals surface area (Å²) in [4.78, 5) is 12.3. The lowest BCUT2D eigenvalue weighted by atomic mass is 10.1. The van der Waals surface area contributed by atoms with Gasteiger partial charge in [0.2, 0.25) is 10.0 Å². The van der Waals surface area contributed by atoms with E-state index in [-0.39, 0.29) is 17.0 Å². The number of hydrogen-bond acceptors (Lipinski definition) is 5. The van der Waals surface area contributed by atoms with Crippen LogP contribution in [-0.2, 0) is 30.0 Å². The van der Waals surface area contributed by atoms with Gasteiger partial charge in [-0.25, -0.2) is 13.5 Å². The van der Waals surface area contributed by atoms with Crippen LogP contribution in [0.15, 0.2) is 40.2 Å². The molecule has 0 spiro atoms. The van der Waals surface area contributed by atoms with Crippen molar-refractivity contribution in [3.05, 3.63) is 52.1 Å². The van der Waals surface area contributed by atoms with Gasteiger partial charge in [-0.05, 0) is 36.2 Å². The quantitative estimate of drug-likeness (QED) is 0.738. The Morgan fingerprint density at radius 2 is 1.96 bits per heavy atom. The molecule has 4 rings (SSSR count). The second-order valence-electron chi connectivity index (χ2n) is 6.21. The summed E-state index contributed by atoms with van der Waals surface area (Å²) in [6.07, 6.45) is 2.16. The third-order valence-electron chi connectivity index (χ3n) is 4.88. The molecular formula is C17H18N4O4S. The summed E-state index contributed by atoms with van der Waals surface area (Å²) in [5.41, 5.74) is 2.06. The van der Waals surface area contributed by atoms with E-state index in [4.69, 9.17) is 4.74 Å². The summed E-state index contributed by atoms with van der Waals surface area (Å²) in [5, 5.41) is 7.09. The number of rotatable bonds is 3. The number of benzene rings is 1. The molecule has 3 aromatic rings. The van der Waals surface area contributed by atoms with Crippen LogP contribution in [0.5, 0.6) is 5.75 Å². The van der Waals surface area contributed by atoms with E-state index in [1.54, 1.807) is 42.1 Å². The van der Waals surface area contributed by atoms with Crippen LogP contribution in [0.3, 0.4) is 0 Å². The Hall–Kier alpha value is -2.65. The maximum absolute atomic E-state index is 13.0. The molecule has 2 aromatic heterocycles. The topological polar surface area (TPSA) is 97.3 Å². The highest BCUT2D eigenvalue weighted by atomic mass is 32.2. The molecule has 1 N–H and O–H groups in total. The predicted octanol–water partition coefficient (Wildman–Crippen LogP) is 1.02. The van der Waals surface area contributed by atoms with Gasteiger partial charge in [-0.3, -0.25) is 4.79 Å². The smallest absolute Gasteiger partial charge is 0.288 e. The normalized spacial score (nSPS) is 15.2.